The van der Waals surface area contributed by atoms with E-state index in [1.54, 1.807) is 0 Å². The molecule has 0 bridgehead atoms. The van der Waals surface area contributed by atoms with Crippen LogP contribution in [-0.4, -0.2) is 42.6 Å². The third kappa shape index (κ3) is 1.93. The molecular weight excluding hydrogens is 162 g/mol. The van der Waals surface area contributed by atoms with Gasteiger partial charge in [0.1, 0.15) is 0 Å². The van der Waals surface area contributed by atoms with Crippen LogP contribution in [0.5, 0.6) is 0 Å². The Morgan fingerprint density at radius 1 is 1.55 bits per heavy atom. The van der Waals surface area contributed by atoms with Gasteiger partial charge in [0.15, 0.2) is 11.0 Å². The second-order valence-electron chi connectivity index (χ2n) is 2.83. The van der Waals surface area contributed by atoms with E-state index in [4.69, 9.17) is 11.6 Å². The van der Waals surface area contributed by atoms with E-state index in [9.17, 15) is 0 Å². The number of nitrogens with zero attached hydrogens (tertiary/aromatic N) is 3. The van der Waals surface area contributed by atoms with Crippen molar-refractivity contribution in [3.8, 4) is 0 Å². The molecule has 0 saturated heterocycles. The highest BCUT2D eigenvalue weighted by molar-refractivity contribution is 6.83. The van der Waals surface area contributed by atoms with Crippen molar-refractivity contribution in [3.63, 3.8) is 0 Å². The highest BCUT2D eigenvalue weighted by Gasteiger charge is 2.15. The molecule has 0 spiro atoms. The van der Waals surface area contributed by atoms with E-state index in [-0.39, 0.29) is 6.04 Å². The predicted molar refractivity (Wildman–Crippen MR) is 48.7 cm³/mol. The molecule has 0 saturated carbocycles. The van der Waals surface area contributed by atoms with Crippen LogP contribution in [0.2, 0.25) is 0 Å². The molecule has 0 aliphatic carbocycles. The second kappa shape index (κ2) is 3.22. The van der Waals surface area contributed by atoms with E-state index < -0.39 is 0 Å². The fourth-order valence-corrected chi connectivity index (χ4v) is 1.17. The third-order valence-electron chi connectivity index (χ3n) is 1.45. The Balaban J connectivity index is 2.81. The van der Waals surface area contributed by atoms with Gasteiger partial charge in [0.2, 0.25) is 0 Å². The van der Waals surface area contributed by atoms with Gasteiger partial charge in [-0.15, -0.1) is 0 Å². The van der Waals surface area contributed by atoms with Gasteiger partial charge in [-0.2, -0.15) is 0 Å². The molecule has 0 radical (unpaired) electrons. The molecule has 1 rings (SSSR count). The van der Waals surface area contributed by atoms with Crippen LogP contribution in [-0.2, 0) is 0 Å². The van der Waals surface area contributed by atoms with Crippen molar-refractivity contribution in [2.75, 3.05) is 20.6 Å². The van der Waals surface area contributed by atoms with E-state index in [2.05, 4.69) is 9.98 Å². The van der Waals surface area contributed by atoms with Crippen LogP contribution in [0.1, 0.15) is 6.92 Å². The zero-order valence-corrected chi connectivity index (χ0v) is 7.76. The van der Waals surface area contributed by atoms with Crippen LogP contribution in [0.3, 0.4) is 0 Å². The van der Waals surface area contributed by atoms with Gasteiger partial charge in [-0.25, -0.2) is 0 Å². The minimum Gasteiger partial charge on any atom is -0.360 e. The van der Waals surface area contributed by atoms with E-state index in [0.717, 1.165) is 5.84 Å². The third-order valence-corrected chi connectivity index (χ3v) is 1.73. The Kier molecular flexibility index (Phi) is 2.49. The molecule has 0 aromatic rings. The van der Waals surface area contributed by atoms with Gasteiger partial charge in [0.05, 0.1) is 12.6 Å². The number of aliphatic imine (C=N–C) groups is 2. The second-order valence-corrected chi connectivity index (χ2v) is 3.19. The Hall–Kier alpha value is -0.570. The van der Waals surface area contributed by atoms with Crippen LogP contribution in [0, 0.1) is 0 Å². The first kappa shape index (κ1) is 8.53. The van der Waals surface area contributed by atoms with E-state index in [0.29, 0.717) is 11.7 Å². The highest BCUT2D eigenvalue weighted by atomic mass is 35.5. The highest BCUT2D eigenvalue weighted by Crippen LogP contribution is 2.05. The zero-order chi connectivity index (χ0) is 8.43. The molecule has 0 N–H and O–H groups in total. The van der Waals surface area contributed by atoms with E-state index in [1.807, 2.05) is 25.9 Å². The standard InChI is InChI=1S/C7H12ClN3/c1-5-4-9-6(8)7(10-5)11(2)3/h5H,4H2,1-3H3. The Morgan fingerprint density at radius 3 is 2.64 bits per heavy atom. The summed E-state index contributed by atoms with van der Waals surface area (Å²) in [4.78, 5) is 10.3. The summed E-state index contributed by atoms with van der Waals surface area (Å²) in [5.41, 5.74) is 0. The quantitative estimate of drug-likeness (QED) is 0.537. The first-order valence-electron chi connectivity index (χ1n) is 3.56. The first-order valence-corrected chi connectivity index (χ1v) is 3.94. The fourth-order valence-electron chi connectivity index (χ4n) is 0.886. The molecule has 0 amide bonds. The molecule has 1 atom stereocenters. The Bertz CT molecular complexity index is 208. The molecule has 3 nitrogen and oxygen atoms in total. The van der Waals surface area contributed by atoms with Crippen molar-refractivity contribution in [2.24, 2.45) is 9.98 Å². The topological polar surface area (TPSA) is 28.0 Å². The van der Waals surface area contributed by atoms with Gasteiger partial charge in [-0.3, -0.25) is 9.98 Å². The van der Waals surface area contributed by atoms with Crippen LogP contribution >= 0.6 is 11.6 Å². The molecule has 0 aromatic carbocycles. The van der Waals surface area contributed by atoms with Crippen molar-refractivity contribution in [1.82, 2.24) is 4.90 Å². The molecule has 0 fully saturated rings. The van der Waals surface area contributed by atoms with Crippen LogP contribution < -0.4 is 0 Å². The maximum absolute atomic E-state index is 5.82. The molecule has 1 heterocycles. The molecule has 1 aliphatic rings. The normalized spacial score (nSPS) is 24.2. The number of hydrogen-bond acceptors (Lipinski definition) is 3. The van der Waals surface area contributed by atoms with Crippen molar-refractivity contribution in [2.45, 2.75) is 13.0 Å². The Morgan fingerprint density at radius 2 is 2.18 bits per heavy atom. The molecule has 1 unspecified atom stereocenters. The summed E-state index contributed by atoms with van der Waals surface area (Å²) in [6, 6.07) is 0.259. The summed E-state index contributed by atoms with van der Waals surface area (Å²) in [6.45, 7) is 2.73. The smallest absolute Gasteiger partial charge is 0.166 e. The van der Waals surface area contributed by atoms with Crippen molar-refractivity contribution < 1.29 is 0 Å². The van der Waals surface area contributed by atoms with Gasteiger partial charge < -0.3 is 4.90 Å². The van der Waals surface area contributed by atoms with E-state index >= 15 is 0 Å². The zero-order valence-electron chi connectivity index (χ0n) is 7.00. The monoisotopic (exact) mass is 173 g/mol. The minimum atomic E-state index is 0.259. The number of rotatable bonds is 0. The van der Waals surface area contributed by atoms with Gasteiger partial charge in [0.25, 0.3) is 0 Å². The largest absolute Gasteiger partial charge is 0.360 e. The summed E-state index contributed by atoms with van der Waals surface area (Å²) >= 11 is 5.82. The maximum atomic E-state index is 5.82. The molecule has 1 aliphatic heterocycles. The van der Waals surface area contributed by atoms with Crippen LogP contribution in [0.15, 0.2) is 9.98 Å². The Labute approximate surface area is 71.8 Å². The summed E-state index contributed by atoms with van der Waals surface area (Å²) in [5, 5.41) is 0.521. The minimum absolute atomic E-state index is 0.259. The van der Waals surface area contributed by atoms with Gasteiger partial charge in [-0.1, -0.05) is 11.6 Å². The molecular formula is C7H12ClN3. The SMILES string of the molecule is CC1CN=C(Cl)C(N(C)C)=N1. The summed E-state index contributed by atoms with van der Waals surface area (Å²) in [7, 11) is 3.82. The molecule has 62 valence electrons. The first-order chi connectivity index (χ1) is 5.11. The van der Waals surface area contributed by atoms with Gasteiger partial charge in [-0.05, 0) is 6.92 Å². The fraction of sp³-hybridized carbons (Fsp3) is 0.714. The van der Waals surface area contributed by atoms with Crippen LogP contribution in [0.4, 0.5) is 0 Å². The predicted octanol–water partition coefficient (Wildman–Crippen LogP) is 0.986. The molecule has 0 aromatic heterocycles. The number of hydrogen-bond donors (Lipinski definition) is 0. The lowest BCUT2D eigenvalue weighted by Crippen LogP contribution is -2.32. The average molecular weight is 174 g/mol. The average Bonchev–Trinajstić information content (AvgIpc) is 1.94. The number of amidine groups is 1. The molecule has 4 heteroatoms. The van der Waals surface area contributed by atoms with Crippen LogP contribution in [0.25, 0.3) is 0 Å². The number of halogens is 1. The molecule has 11 heavy (non-hydrogen) atoms. The summed E-state index contributed by atoms with van der Waals surface area (Å²) < 4.78 is 0. The lowest BCUT2D eigenvalue weighted by Gasteiger charge is -2.19. The van der Waals surface area contributed by atoms with Crippen molar-refractivity contribution >= 4 is 22.6 Å². The lowest BCUT2D eigenvalue weighted by molar-refractivity contribution is 0.609. The maximum Gasteiger partial charge on any atom is 0.166 e. The lowest BCUT2D eigenvalue weighted by atomic mass is 10.3. The van der Waals surface area contributed by atoms with Gasteiger partial charge >= 0.3 is 0 Å². The summed E-state index contributed by atoms with van der Waals surface area (Å²) in [6.07, 6.45) is 0. The van der Waals surface area contributed by atoms with E-state index in [1.165, 1.54) is 0 Å². The summed E-state index contributed by atoms with van der Waals surface area (Å²) in [5.74, 6) is 0.783. The van der Waals surface area contributed by atoms with Gasteiger partial charge in [0, 0.05) is 14.1 Å². The van der Waals surface area contributed by atoms with Crippen molar-refractivity contribution in [3.05, 3.63) is 0 Å². The van der Waals surface area contributed by atoms with Crippen molar-refractivity contribution in [1.29, 1.82) is 0 Å².